The molecule has 0 saturated carbocycles. The van der Waals surface area contributed by atoms with Gasteiger partial charge in [0.25, 0.3) is 0 Å². The number of para-hydroxylation sites is 1. The van der Waals surface area contributed by atoms with Crippen LogP contribution in [0.2, 0.25) is 0 Å². The van der Waals surface area contributed by atoms with E-state index in [2.05, 4.69) is 51.1 Å². The fourth-order valence-corrected chi connectivity index (χ4v) is 5.00. The maximum absolute atomic E-state index is 12.9. The number of carbonyl (C=O) groups excluding carboxylic acids is 1. The van der Waals surface area contributed by atoms with E-state index < -0.39 is 0 Å². The van der Waals surface area contributed by atoms with E-state index in [-0.39, 0.29) is 5.91 Å². The molecule has 34 heavy (non-hydrogen) atoms. The van der Waals surface area contributed by atoms with E-state index in [0.717, 1.165) is 71.2 Å². The quantitative estimate of drug-likeness (QED) is 0.608. The number of piperazine rings is 2. The summed E-state index contributed by atoms with van der Waals surface area (Å²) in [5.74, 6) is 1.55. The zero-order valence-electron chi connectivity index (χ0n) is 20.4. The molecule has 2 aromatic carbocycles. The molecule has 2 aromatic rings. The van der Waals surface area contributed by atoms with Gasteiger partial charge in [-0.15, -0.1) is 0 Å². The van der Waals surface area contributed by atoms with E-state index >= 15 is 0 Å². The van der Waals surface area contributed by atoms with Crippen LogP contribution in [0.3, 0.4) is 0 Å². The highest BCUT2D eigenvalue weighted by atomic mass is 16.5. The normalized spacial score (nSPS) is 19.2. The first-order valence-corrected chi connectivity index (χ1v) is 12.5. The molecule has 0 aromatic heterocycles. The molecule has 1 amide bonds. The predicted molar refractivity (Wildman–Crippen MR) is 136 cm³/mol. The van der Waals surface area contributed by atoms with Gasteiger partial charge in [-0.1, -0.05) is 48.5 Å². The summed E-state index contributed by atoms with van der Waals surface area (Å²) in [4.78, 5) is 22.2. The van der Waals surface area contributed by atoms with Crippen LogP contribution in [0.15, 0.2) is 54.6 Å². The summed E-state index contributed by atoms with van der Waals surface area (Å²) in [6.07, 6.45) is 0. The lowest BCUT2D eigenvalue weighted by Crippen LogP contribution is -2.54. The molecule has 2 heterocycles. The van der Waals surface area contributed by atoms with Crippen LogP contribution < -0.4 is 10.5 Å². The van der Waals surface area contributed by atoms with Crippen LogP contribution >= 0.6 is 0 Å². The molecule has 184 valence electrons. The third kappa shape index (κ3) is 6.57. The second kappa shape index (κ2) is 12.3. The monoisotopic (exact) mass is 465 g/mol. The maximum atomic E-state index is 12.9. The molecule has 2 N–H and O–H groups in total. The average Bonchev–Trinajstić information content (AvgIpc) is 2.89. The van der Waals surface area contributed by atoms with E-state index in [1.807, 2.05) is 23.1 Å². The molecule has 0 spiro atoms. The molecule has 7 heteroatoms. The summed E-state index contributed by atoms with van der Waals surface area (Å²) in [6.45, 7) is 10.3. The van der Waals surface area contributed by atoms with Gasteiger partial charge in [0.05, 0.1) is 13.7 Å². The molecule has 2 saturated heterocycles. The molecule has 4 rings (SSSR count). The van der Waals surface area contributed by atoms with E-state index in [1.165, 1.54) is 11.1 Å². The first kappa shape index (κ1) is 24.7. The van der Waals surface area contributed by atoms with Crippen molar-refractivity contribution in [2.75, 3.05) is 79.1 Å². The zero-order valence-corrected chi connectivity index (χ0v) is 20.4. The minimum Gasteiger partial charge on any atom is -0.496 e. The number of hydrogen-bond donors (Lipinski definition) is 1. The molecule has 2 fully saturated rings. The van der Waals surface area contributed by atoms with Crippen molar-refractivity contribution in [2.45, 2.75) is 12.5 Å². The van der Waals surface area contributed by atoms with Gasteiger partial charge in [0.1, 0.15) is 5.75 Å². The molecule has 0 aliphatic carbocycles. The van der Waals surface area contributed by atoms with Crippen LogP contribution in [-0.2, 0) is 11.3 Å². The standard InChI is InChI=1S/C27H39N5O2/c1-34-26-10-6-5-9-24(26)20-30-15-17-32(18-16-30)27(33)22-31-13-11-29(12-14-31)21-25(19-28)23-7-3-2-4-8-23/h2-10,25H,11-22,28H2,1H3. The molecule has 0 radical (unpaired) electrons. The lowest BCUT2D eigenvalue weighted by Gasteiger charge is -2.38. The van der Waals surface area contributed by atoms with Gasteiger partial charge in [0.15, 0.2) is 0 Å². The third-order valence-corrected chi connectivity index (χ3v) is 7.17. The average molecular weight is 466 g/mol. The first-order valence-electron chi connectivity index (χ1n) is 12.5. The first-order chi connectivity index (χ1) is 16.7. The number of amides is 1. The van der Waals surface area contributed by atoms with E-state index in [0.29, 0.717) is 19.0 Å². The summed E-state index contributed by atoms with van der Waals surface area (Å²) < 4.78 is 5.48. The van der Waals surface area contributed by atoms with Crippen LogP contribution in [0.1, 0.15) is 17.0 Å². The molecule has 2 aliphatic rings. The van der Waals surface area contributed by atoms with Gasteiger partial charge in [-0.25, -0.2) is 0 Å². The fourth-order valence-electron chi connectivity index (χ4n) is 5.00. The number of nitrogens with zero attached hydrogens (tertiary/aromatic N) is 4. The lowest BCUT2D eigenvalue weighted by atomic mass is 9.98. The van der Waals surface area contributed by atoms with Crippen LogP contribution in [0, 0.1) is 0 Å². The number of carbonyl (C=O) groups is 1. The van der Waals surface area contributed by atoms with Crippen molar-refractivity contribution in [1.29, 1.82) is 0 Å². The second-order valence-corrected chi connectivity index (χ2v) is 9.39. The largest absolute Gasteiger partial charge is 0.496 e. The molecule has 0 bridgehead atoms. The summed E-state index contributed by atoms with van der Waals surface area (Å²) >= 11 is 0. The second-order valence-electron chi connectivity index (χ2n) is 9.39. The van der Waals surface area contributed by atoms with Crippen molar-refractivity contribution >= 4 is 5.91 Å². The Morgan fingerprint density at radius 1 is 0.853 bits per heavy atom. The number of rotatable bonds is 9. The van der Waals surface area contributed by atoms with Crippen molar-refractivity contribution in [3.05, 3.63) is 65.7 Å². The van der Waals surface area contributed by atoms with Gasteiger partial charge >= 0.3 is 0 Å². The maximum Gasteiger partial charge on any atom is 0.236 e. The highest BCUT2D eigenvalue weighted by Crippen LogP contribution is 2.20. The van der Waals surface area contributed by atoms with Crippen LogP contribution in [0.25, 0.3) is 0 Å². The SMILES string of the molecule is COc1ccccc1CN1CCN(C(=O)CN2CCN(CC(CN)c3ccccc3)CC2)CC1. The predicted octanol–water partition coefficient (Wildman–Crippen LogP) is 1.70. The highest BCUT2D eigenvalue weighted by Gasteiger charge is 2.26. The Kier molecular flexibility index (Phi) is 8.93. The number of methoxy groups -OCH3 is 1. The van der Waals surface area contributed by atoms with Gasteiger partial charge < -0.3 is 20.3 Å². The van der Waals surface area contributed by atoms with Gasteiger partial charge in [0, 0.05) is 83.5 Å². The number of nitrogens with two attached hydrogens (primary N) is 1. The fraction of sp³-hybridized carbons (Fsp3) is 0.519. The number of hydrogen-bond acceptors (Lipinski definition) is 6. The van der Waals surface area contributed by atoms with E-state index in [9.17, 15) is 4.79 Å². The number of ether oxygens (including phenoxy) is 1. The topological polar surface area (TPSA) is 65.3 Å². The van der Waals surface area contributed by atoms with Gasteiger partial charge in [-0.3, -0.25) is 14.6 Å². The molecular weight excluding hydrogens is 426 g/mol. The van der Waals surface area contributed by atoms with E-state index in [4.69, 9.17) is 10.5 Å². The minimum absolute atomic E-state index is 0.259. The highest BCUT2D eigenvalue weighted by molar-refractivity contribution is 5.78. The smallest absolute Gasteiger partial charge is 0.236 e. The Morgan fingerprint density at radius 2 is 1.47 bits per heavy atom. The molecule has 7 nitrogen and oxygen atoms in total. The molecule has 1 atom stereocenters. The Bertz CT molecular complexity index is 893. The summed E-state index contributed by atoms with van der Waals surface area (Å²) in [7, 11) is 1.72. The molecular formula is C27H39N5O2. The minimum atomic E-state index is 0.259. The Labute approximate surface area is 204 Å². The summed E-state index contributed by atoms with van der Waals surface area (Å²) in [6, 6.07) is 18.7. The zero-order chi connectivity index (χ0) is 23.8. The summed E-state index contributed by atoms with van der Waals surface area (Å²) in [5.41, 5.74) is 8.58. The molecule has 1 unspecified atom stereocenters. The Hall–Kier alpha value is -2.45. The van der Waals surface area contributed by atoms with Crippen molar-refractivity contribution in [3.63, 3.8) is 0 Å². The lowest BCUT2D eigenvalue weighted by molar-refractivity contribution is -0.134. The van der Waals surface area contributed by atoms with Crippen molar-refractivity contribution in [1.82, 2.24) is 19.6 Å². The summed E-state index contributed by atoms with van der Waals surface area (Å²) in [5, 5.41) is 0. The van der Waals surface area contributed by atoms with Crippen molar-refractivity contribution in [3.8, 4) is 5.75 Å². The van der Waals surface area contributed by atoms with Gasteiger partial charge in [-0.05, 0) is 11.6 Å². The van der Waals surface area contributed by atoms with Crippen molar-refractivity contribution in [2.24, 2.45) is 5.73 Å². The van der Waals surface area contributed by atoms with Crippen molar-refractivity contribution < 1.29 is 9.53 Å². The van der Waals surface area contributed by atoms with Gasteiger partial charge in [-0.2, -0.15) is 0 Å². The Balaban J connectivity index is 1.17. The van der Waals surface area contributed by atoms with Crippen LogP contribution in [0.4, 0.5) is 0 Å². The molecule has 2 aliphatic heterocycles. The Morgan fingerprint density at radius 3 is 2.15 bits per heavy atom. The number of benzene rings is 2. The third-order valence-electron chi connectivity index (χ3n) is 7.17. The van der Waals surface area contributed by atoms with E-state index in [1.54, 1.807) is 7.11 Å². The van der Waals surface area contributed by atoms with Crippen LogP contribution in [-0.4, -0.2) is 105 Å². The van der Waals surface area contributed by atoms with Gasteiger partial charge in [0.2, 0.25) is 5.91 Å². The van der Waals surface area contributed by atoms with Crippen LogP contribution in [0.5, 0.6) is 5.75 Å².